The first-order valence-corrected chi connectivity index (χ1v) is 5.71. The van der Waals surface area contributed by atoms with Crippen LogP contribution in [0.5, 0.6) is 0 Å². The monoisotopic (exact) mass is 236 g/mol. The van der Waals surface area contributed by atoms with Gasteiger partial charge < -0.3 is 14.2 Å². The first-order valence-electron chi connectivity index (χ1n) is 5.71. The predicted octanol–water partition coefficient (Wildman–Crippen LogP) is 1.99. The Labute approximate surface area is 100 Å². The van der Waals surface area contributed by atoms with Gasteiger partial charge >= 0.3 is 5.97 Å². The van der Waals surface area contributed by atoms with Gasteiger partial charge in [-0.25, -0.2) is 4.79 Å². The molecule has 0 N–H and O–H groups in total. The van der Waals surface area contributed by atoms with Crippen LogP contribution < -0.4 is 0 Å². The highest BCUT2D eigenvalue weighted by molar-refractivity contribution is 5.89. The Morgan fingerprint density at radius 3 is 2.82 bits per heavy atom. The first kappa shape index (κ1) is 12.1. The lowest BCUT2D eigenvalue weighted by molar-refractivity contribution is -0.201. The van der Waals surface area contributed by atoms with Crippen molar-refractivity contribution in [1.29, 1.82) is 0 Å². The highest BCUT2D eigenvalue weighted by atomic mass is 16.7. The second-order valence-electron chi connectivity index (χ2n) is 3.93. The van der Waals surface area contributed by atoms with E-state index in [-0.39, 0.29) is 12.1 Å². The number of carbonyl (C=O) groups is 1. The van der Waals surface area contributed by atoms with Crippen molar-refractivity contribution < 1.29 is 19.0 Å². The van der Waals surface area contributed by atoms with E-state index in [1.54, 1.807) is 19.2 Å². The Morgan fingerprint density at radius 2 is 2.12 bits per heavy atom. The largest absolute Gasteiger partial charge is 0.453 e. The van der Waals surface area contributed by atoms with E-state index in [4.69, 9.17) is 14.2 Å². The summed E-state index contributed by atoms with van der Waals surface area (Å²) in [4.78, 5) is 11.8. The summed E-state index contributed by atoms with van der Waals surface area (Å²) in [7, 11) is 1.55. The molecule has 2 rings (SSSR count). The molecule has 0 bridgehead atoms. The Hall–Kier alpha value is -1.39. The minimum atomic E-state index is -0.448. The average Bonchev–Trinajstić information content (AvgIpc) is 2.40. The average molecular weight is 236 g/mol. The summed E-state index contributed by atoms with van der Waals surface area (Å²) >= 11 is 0. The van der Waals surface area contributed by atoms with Gasteiger partial charge in [-0.3, -0.25) is 0 Å². The van der Waals surface area contributed by atoms with E-state index in [0.717, 1.165) is 12.8 Å². The van der Waals surface area contributed by atoms with E-state index in [1.165, 1.54) is 0 Å². The maximum atomic E-state index is 11.8. The normalized spacial score (nSPS) is 24.3. The predicted molar refractivity (Wildman–Crippen MR) is 61.6 cm³/mol. The standard InChI is InChI=1S/C13H16O4/c1-15-13-11(8-5-9-16-13)17-12(14)10-6-3-2-4-7-10/h2-4,6-7,11,13H,5,8-9H2,1H3/t11-,13-/m0/s1. The summed E-state index contributed by atoms with van der Waals surface area (Å²) in [5, 5.41) is 0. The van der Waals surface area contributed by atoms with Crippen LogP contribution in [0, 0.1) is 0 Å². The van der Waals surface area contributed by atoms with Gasteiger partial charge in [0.25, 0.3) is 0 Å². The van der Waals surface area contributed by atoms with Crippen LogP contribution in [0.15, 0.2) is 30.3 Å². The Bertz CT molecular complexity index is 363. The number of hydrogen-bond donors (Lipinski definition) is 0. The molecule has 1 fully saturated rings. The summed E-state index contributed by atoms with van der Waals surface area (Å²) < 4.78 is 15.9. The van der Waals surface area contributed by atoms with Gasteiger partial charge in [-0.1, -0.05) is 18.2 Å². The van der Waals surface area contributed by atoms with Crippen molar-refractivity contribution in [2.75, 3.05) is 13.7 Å². The van der Waals surface area contributed by atoms with Gasteiger partial charge in [0, 0.05) is 7.11 Å². The molecule has 1 aromatic rings. The lowest BCUT2D eigenvalue weighted by Crippen LogP contribution is -2.38. The molecule has 0 aromatic heterocycles. The number of hydrogen-bond acceptors (Lipinski definition) is 4. The highest BCUT2D eigenvalue weighted by Gasteiger charge is 2.29. The highest BCUT2D eigenvalue weighted by Crippen LogP contribution is 2.19. The maximum Gasteiger partial charge on any atom is 0.338 e. The maximum absolute atomic E-state index is 11.8. The van der Waals surface area contributed by atoms with Crippen LogP contribution in [0.2, 0.25) is 0 Å². The molecule has 0 spiro atoms. The van der Waals surface area contributed by atoms with Gasteiger partial charge in [0.1, 0.15) is 0 Å². The van der Waals surface area contributed by atoms with Crippen LogP contribution in [-0.4, -0.2) is 32.1 Å². The van der Waals surface area contributed by atoms with Crippen molar-refractivity contribution in [3.05, 3.63) is 35.9 Å². The minimum absolute atomic E-state index is 0.318. The Balaban J connectivity index is 1.98. The third kappa shape index (κ3) is 3.05. The Kier molecular flexibility index (Phi) is 4.12. The van der Waals surface area contributed by atoms with Gasteiger partial charge in [-0.15, -0.1) is 0 Å². The summed E-state index contributed by atoms with van der Waals surface area (Å²) in [5.41, 5.74) is 0.549. The van der Waals surface area contributed by atoms with Gasteiger partial charge in [-0.05, 0) is 25.0 Å². The van der Waals surface area contributed by atoms with Crippen LogP contribution in [0.1, 0.15) is 23.2 Å². The van der Waals surface area contributed by atoms with Crippen LogP contribution in [0.25, 0.3) is 0 Å². The number of esters is 1. The number of ether oxygens (including phenoxy) is 3. The van der Waals surface area contributed by atoms with E-state index in [1.807, 2.05) is 18.2 Å². The van der Waals surface area contributed by atoms with Crippen molar-refractivity contribution in [3.63, 3.8) is 0 Å². The zero-order valence-electron chi connectivity index (χ0n) is 9.80. The topological polar surface area (TPSA) is 44.8 Å². The molecule has 0 saturated carbocycles. The Morgan fingerprint density at radius 1 is 1.35 bits per heavy atom. The lowest BCUT2D eigenvalue weighted by atomic mass is 10.1. The second-order valence-corrected chi connectivity index (χ2v) is 3.93. The van der Waals surface area contributed by atoms with Crippen LogP contribution in [-0.2, 0) is 14.2 Å². The molecule has 1 aromatic carbocycles. The summed E-state index contributed by atoms with van der Waals surface area (Å²) in [6.07, 6.45) is 0.891. The van der Waals surface area contributed by atoms with Crippen molar-refractivity contribution in [2.45, 2.75) is 25.2 Å². The fourth-order valence-electron chi connectivity index (χ4n) is 1.84. The summed E-state index contributed by atoms with van der Waals surface area (Å²) in [5.74, 6) is -0.330. The number of benzene rings is 1. The fraction of sp³-hybridized carbons (Fsp3) is 0.462. The van der Waals surface area contributed by atoms with E-state index >= 15 is 0 Å². The molecular weight excluding hydrogens is 220 g/mol. The molecule has 1 aliphatic heterocycles. The van der Waals surface area contributed by atoms with Crippen LogP contribution in [0.3, 0.4) is 0 Å². The molecule has 0 radical (unpaired) electrons. The van der Waals surface area contributed by atoms with Crippen LogP contribution >= 0.6 is 0 Å². The SMILES string of the molecule is CO[C@H]1OCCC[C@@H]1OC(=O)c1ccccc1. The van der Waals surface area contributed by atoms with Gasteiger partial charge in [-0.2, -0.15) is 0 Å². The summed E-state index contributed by atoms with van der Waals surface area (Å²) in [6.45, 7) is 0.651. The van der Waals surface area contributed by atoms with E-state index in [9.17, 15) is 4.79 Å². The second kappa shape index (κ2) is 5.80. The molecular formula is C13H16O4. The quantitative estimate of drug-likeness (QED) is 0.753. The van der Waals surface area contributed by atoms with Crippen molar-refractivity contribution >= 4 is 5.97 Å². The molecule has 2 atom stereocenters. The molecule has 92 valence electrons. The third-order valence-electron chi connectivity index (χ3n) is 2.72. The molecule has 4 nitrogen and oxygen atoms in total. The number of methoxy groups -OCH3 is 1. The molecule has 0 unspecified atom stereocenters. The number of carbonyl (C=O) groups excluding carboxylic acids is 1. The third-order valence-corrected chi connectivity index (χ3v) is 2.72. The lowest BCUT2D eigenvalue weighted by Gasteiger charge is -2.29. The van der Waals surface area contributed by atoms with Crippen molar-refractivity contribution in [1.82, 2.24) is 0 Å². The molecule has 4 heteroatoms. The molecule has 0 aliphatic carbocycles. The van der Waals surface area contributed by atoms with E-state index < -0.39 is 6.29 Å². The molecule has 1 saturated heterocycles. The van der Waals surface area contributed by atoms with E-state index in [2.05, 4.69) is 0 Å². The summed E-state index contributed by atoms with van der Waals surface area (Å²) in [6, 6.07) is 8.93. The smallest absolute Gasteiger partial charge is 0.338 e. The molecule has 17 heavy (non-hydrogen) atoms. The van der Waals surface area contributed by atoms with Gasteiger partial charge in [0.2, 0.25) is 0 Å². The molecule has 1 aliphatic rings. The zero-order valence-corrected chi connectivity index (χ0v) is 9.80. The van der Waals surface area contributed by atoms with Crippen LogP contribution in [0.4, 0.5) is 0 Å². The van der Waals surface area contributed by atoms with Gasteiger partial charge in [0.15, 0.2) is 12.4 Å². The van der Waals surface area contributed by atoms with Crippen molar-refractivity contribution in [3.8, 4) is 0 Å². The van der Waals surface area contributed by atoms with Crippen molar-refractivity contribution in [2.24, 2.45) is 0 Å². The molecule has 0 amide bonds. The van der Waals surface area contributed by atoms with Gasteiger partial charge in [0.05, 0.1) is 12.2 Å². The zero-order chi connectivity index (χ0) is 12.1. The molecule has 1 heterocycles. The minimum Gasteiger partial charge on any atom is -0.453 e. The number of rotatable bonds is 3. The van der Waals surface area contributed by atoms with E-state index in [0.29, 0.717) is 12.2 Å². The first-order chi connectivity index (χ1) is 8.31. The fourth-order valence-corrected chi connectivity index (χ4v) is 1.84.